The first-order valence-corrected chi connectivity index (χ1v) is 10.1. The van der Waals surface area contributed by atoms with Gasteiger partial charge in [-0.2, -0.15) is 4.98 Å². The number of amides is 1. The van der Waals surface area contributed by atoms with Crippen LogP contribution >= 0.6 is 0 Å². The average Bonchev–Trinajstić information content (AvgIpc) is 3.12. The van der Waals surface area contributed by atoms with Gasteiger partial charge in [-0.3, -0.25) is 4.79 Å². The van der Waals surface area contributed by atoms with E-state index in [2.05, 4.69) is 15.5 Å². The van der Waals surface area contributed by atoms with Gasteiger partial charge in [0, 0.05) is 24.1 Å². The summed E-state index contributed by atoms with van der Waals surface area (Å²) in [4.78, 5) is 16.5. The van der Waals surface area contributed by atoms with Crippen LogP contribution in [0, 0.1) is 13.8 Å². The lowest BCUT2D eigenvalue weighted by atomic mass is 10.1. The fourth-order valence-corrected chi connectivity index (χ4v) is 3.24. The summed E-state index contributed by atoms with van der Waals surface area (Å²) in [5.41, 5.74) is 2.72. The number of carbonyl (C=O) groups is 1. The number of anilines is 1. The lowest BCUT2D eigenvalue weighted by Crippen LogP contribution is -2.16. The predicted molar refractivity (Wildman–Crippen MR) is 104 cm³/mol. The number of rotatable bonds is 6. The van der Waals surface area contributed by atoms with Crippen molar-refractivity contribution in [1.29, 1.82) is 0 Å². The molecule has 0 radical (unpaired) electrons. The number of primary sulfonamides is 1. The third-order valence-corrected chi connectivity index (χ3v) is 5.20. The fourth-order valence-electron chi connectivity index (χ4n) is 2.61. The highest BCUT2D eigenvalue weighted by Gasteiger charge is 2.15. The van der Waals surface area contributed by atoms with Crippen LogP contribution in [0.1, 0.15) is 23.4 Å². The largest absolute Gasteiger partial charge is 0.339 e. The van der Waals surface area contributed by atoms with E-state index in [1.54, 1.807) is 13.8 Å². The second-order valence-electron chi connectivity index (χ2n) is 6.38. The molecule has 0 atom stereocenters. The molecule has 0 aliphatic rings. The van der Waals surface area contributed by atoms with Gasteiger partial charge in [-0.05, 0) is 37.1 Å². The van der Waals surface area contributed by atoms with E-state index in [1.807, 2.05) is 30.3 Å². The Hall–Kier alpha value is -3.04. The molecular weight excluding hydrogens is 380 g/mol. The maximum Gasteiger partial charge on any atom is 0.238 e. The van der Waals surface area contributed by atoms with Crippen molar-refractivity contribution >= 4 is 21.6 Å². The summed E-state index contributed by atoms with van der Waals surface area (Å²) in [6.07, 6.45) is 0.368. The number of hydrogen-bond donors (Lipinski definition) is 2. The van der Waals surface area contributed by atoms with Crippen LogP contribution in [0.15, 0.2) is 51.9 Å². The van der Waals surface area contributed by atoms with E-state index in [0.29, 0.717) is 23.0 Å². The molecule has 0 fully saturated rings. The zero-order valence-electron chi connectivity index (χ0n) is 15.5. The highest BCUT2D eigenvalue weighted by molar-refractivity contribution is 7.89. The molecule has 1 aromatic heterocycles. The highest BCUT2D eigenvalue weighted by atomic mass is 32.2. The Bertz CT molecular complexity index is 1110. The number of aromatic nitrogens is 2. The third kappa shape index (κ3) is 4.62. The monoisotopic (exact) mass is 400 g/mol. The smallest absolute Gasteiger partial charge is 0.238 e. The lowest BCUT2D eigenvalue weighted by Gasteiger charge is -2.12. The molecule has 0 aliphatic carbocycles. The molecule has 0 spiro atoms. The number of benzene rings is 2. The summed E-state index contributed by atoms with van der Waals surface area (Å²) >= 11 is 0. The lowest BCUT2D eigenvalue weighted by molar-refractivity contribution is -0.116. The summed E-state index contributed by atoms with van der Waals surface area (Å²) in [6.45, 7) is 3.55. The van der Waals surface area contributed by atoms with E-state index in [1.165, 1.54) is 12.1 Å². The predicted octanol–water partition coefficient (Wildman–Crippen LogP) is 2.57. The standard InChI is InChI=1S/C19H20N4O4S/c1-12-10-15(28(20,25)26)11-16(13(12)2)21-17(24)8-9-18-22-19(23-27-18)14-6-4-3-5-7-14/h3-7,10-11H,8-9H2,1-2H3,(H,21,24)(H2,20,25,26). The SMILES string of the molecule is Cc1cc(S(N)(=O)=O)cc(NC(=O)CCc2nc(-c3ccccc3)no2)c1C. The Labute approximate surface area is 162 Å². The van der Waals surface area contributed by atoms with Crippen molar-refractivity contribution < 1.29 is 17.7 Å². The molecule has 0 aliphatic heterocycles. The topological polar surface area (TPSA) is 128 Å². The van der Waals surface area contributed by atoms with Crippen molar-refractivity contribution in [2.75, 3.05) is 5.32 Å². The second kappa shape index (κ2) is 7.91. The van der Waals surface area contributed by atoms with Crippen LogP contribution in [0.5, 0.6) is 0 Å². The van der Waals surface area contributed by atoms with Gasteiger partial charge < -0.3 is 9.84 Å². The minimum Gasteiger partial charge on any atom is -0.339 e. The van der Waals surface area contributed by atoms with Gasteiger partial charge in [0.15, 0.2) is 0 Å². The van der Waals surface area contributed by atoms with E-state index in [9.17, 15) is 13.2 Å². The molecule has 1 amide bonds. The molecule has 0 saturated carbocycles. The molecule has 1 heterocycles. The van der Waals surface area contributed by atoms with Crippen LogP contribution in [0.3, 0.4) is 0 Å². The van der Waals surface area contributed by atoms with Crippen LogP contribution in [-0.4, -0.2) is 24.5 Å². The Balaban J connectivity index is 1.67. The molecule has 3 aromatic rings. The Kier molecular flexibility index (Phi) is 5.57. The molecule has 2 aromatic carbocycles. The molecule has 8 nitrogen and oxygen atoms in total. The Morgan fingerprint density at radius 2 is 1.89 bits per heavy atom. The van der Waals surface area contributed by atoms with Gasteiger partial charge in [0.1, 0.15) is 0 Å². The second-order valence-corrected chi connectivity index (χ2v) is 7.95. The van der Waals surface area contributed by atoms with Crippen LogP contribution < -0.4 is 10.5 Å². The van der Waals surface area contributed by atoms with Crippen molar-refractivity contribution in [3.8, 4) is 11.4 Å². The number of nitrogens with one attached hydrogen (secondary N) is 1. The zero-order valence-corrected chi connectivity index (χ0v) is 16.3. The molecule has 3 rings (SSSR count). The highest BCUT2D eigenvalue weighted by Crippen LogP contribution is 2.24. The first-order valence-electron chi connectivity index (χ1n) is 8.56. The minimum atomic E-state index is -3.86. The van der Waals surface area contributed by atoms with Gasteiger partial charge in [0.25, 0.3) is 0 Å². The van der Waals surface area contributed by atoms with E-state index >= 15 is 0 Å². The van der Waals surface area contributed by atoms with Gasteiger partial charge in [-0.15, -0.1) is 0 Å². The van der Waals surface area contributed by atoms with Crippen molar-refractivity contribution in [3.63, 3.8) is 0 Å². The maximum atomic E-state index is 12.3. The van der Waals surface area contributed by atoms with E-state index in [0.717, 1.165) is 11.1 Å². The van der Waals surface area contributed by atoms with E-state index < -0.39 is 10.0 Å². The van der Waals surface area contributed by atoms with Gasteiger partial charge in [0.2, 0.25) is 27.6 Å². The van der Waals surface area contributed by atoms with Crippen LogP contribution in [0.2, 0.25) is 0 Å². The third-order valence-electron chi connectivity index (χ3n) is 4.31. The fraction of sp³-hybridized carbons (Fsp3) is 0.211. The number of sulfonamides is 1. The number of hydrogen-bond acceptors (Lipinski definition) is 6. The van der Waals surface area contributed by atoms with E-state index in [-0.39, 0.29) is 23.6 Å². The molecule has 9 heteroatoms. The van der Waals surface area contributed by atoms with Crippen LogP contribution in [0.25, 0.3) is 11.4 Å². The summed E-state index contributed by atoms with van der Waals surface area (Å²) in [7, 11) is -3.86. The minimum absolute atomic E-state index is 0.0460. The Morgan fingerprint density at radius 3 is 2.57 bits per heavy atom. The van der Waals surface area contributed by atoms with Gasteiger partial charge in [-0.1, -0.05) is 35.5 Å². The maximum absolute atomic E-state index is 12.3. The normalized spacial score (nSPS) is 11.4. The van der Waals surface area contributed by atoms with Crippen molar-refractivity contribution in [1.82, 2.24) is 10.1 Å². The number of carbonyl (C=O) groups excluding carboxylic acids is 1. The number of nitrogens with zero attached hydrogens (tertiary/aromatic N) is 2. The van der Waals surface area contributed by atoms with Gasteiger partial charge >= 0.3 is 0 Å². The van der Waals surface area contributed by atoms with Gasteiger partial charge in [0.05, 0.1) is 4.90 Å². The van der Waals surface area contributed by atoms with Crippen molar-refractivity contribution in [2.24, 2.45) is 5.14 Å². The quantitative estimate of drug-likeness (QED) is 0.654. The average molecular weight is 400 g/mol. The number of nitrogens with two attached hydrogens (primary N) is 1. The molecule has 0 unspecified atom stereocenters. The molecule has 28 heavy (non-hydrogen) atoms. The summed E-state index contributed by atoms with van der Waals surface area (Å²) in [5.74, 6) is 0.511. The first-order chi connectivity index (χ1) is 13.2. The van der Waals surface area contributed by atoms with E-state index in [4.69, 9.17) is 9.66 Å². The summed E-state index contributed by atoms with van der Waals surface area (Å²) in [5, 5.41) is 11.8. The van der Waals surface area contributed by atoms with Crippen molar-refractivity contribution in [2.45, 2.75) is 31.6 Å². The summed E-state index contributed by atoms with van der Waals surface area (Å²) in [6, 6.07) is 12.2. The van der Waals surface area contributed by atoms with Gasteiger partial charge in [-0.25, -0.2) is 13.6 Å². The zero-order chi connectivity index (χ0) is 20.3. The molecule has 0 saturated heterocycles. The molecule has 0 bridgehead atoms. The Morgan fingerprint density at radius 1 is 1.18 bits per heavy atom. The summed E-state index contributed by atoms with van der Waals surface area (Å²) < 4.78 is 28.4. The van der Waals surface area contributed by atoms with Crippen LogP contribution in [0.4, 0.5) is 5.69 Å². The molecule has 146 valence electrons. The molecular formula is C19H20N4O4S. The van der Waals surface area contributed by atoms with Crippen molar-refractivity contribution in [3.05, 3.63) is 59.5 Å². The molecule has 3 N–H and O–H groups in total. The number of aryl methyl sites for hydroxylation is 2. The van der Waals surface area contributed by atoms with Crippen LogP contribution in [-0.2, 0) is 21.2 Å². The first kappa shape index (κ1) is 19.7.